The smallest absolute Gasteiger partial charge is 0.250 e. The van der Waals surface area contributed by atoms with Crippen LogP contribution >= 0.6 is 0 Å². The van der Waals surface area contributed by atoms with Crippen molar-refractivity contribution < 1.29 is 4.74 Å². The number of aryl methyl sites for hydroxylation is 1. The van der Waals surface area contributed by atoms with Crippen molar-refractivity contribution in [1.29, 1.82) is 0 Å². The number of nitrogens with two attached hydrogens (primary N) is 1. The number of nitrogen functional groups attached to an aromatic ring is 1. The van der Waals surface area contributed by atoms with Crippen LogP contribution in [0.1, 0.15) is 27.2 Å². The summed E-state index contributed by atoms with van der Waals surface area (Å²) in [7, 11) is 0. The fourth-order valence-electron chi connectivity index (χ4n) is 1.42. The molecule has 0 aliphatic rings. The van der Waals surface area contributed by atoms with Crippen molar-refractivity contribution in [3.05, 3.63) is 28.7 Å². The minimum atomic E-state index is -0.0175. The summed E-state index contributed by atoms with van der Waals surface area (Å²) in [6, 6.07) is 3.11. The molecule has 1 aromatic rings. The molecule has 4 heteroatoms. The van der Waals surface area contributed by atoms with Crippen molar-refractivity contribution in [2.75, 3.05) is 12.3 Å². The van der Waals surface area contributed by atoms with Crippen LogP contribution in [0.25, 0.3) is 0 Å². The Morgan fingerprint density at radius 2 is 2.06 bits per heavy atom. The molecular formula is C13H22N2O2. The van der Waals surface area contributed by atoms with E-state index >= 15 is 0 Å². The Morgan fingerprint density at radius 1 is 1.35 bits per heavy atom. The van der Waals surface area contributed by atoms with Crippen LogP contribution in [0.5, 0.6) is 0 Å². The Labute approximate surface area is 102 Å². The maximum atomic E-state index is 11.5. The number of ether oxygens (including phenoxy) is 1. The second-order valence-electron chi connectivity index (χ2n) is 4.67. The van der Waals surface area contributed by atoms with Gasteiger partial charge in [-0.3, -0.25) is 4.79 Å². The van der Waals surface area contributed by atoms with Gasteiger partial charge in [0.25, 0.3) is 5.56 Å². The topological polar surface area (TPSA) is 57.2 Å². The molecule has 1 rings (SSSR count). The lowest BCUT2D eigenvalue weighted by Crippen LogP contribution is -2.21. The predicted octanol–water partition coefficient (Wildman–Crippen LogP) is 1.88. The van der Waals surface area contributed by atoms with E-state index in [0.717, 1.165) is 6.42 Å². The summed E-state index contributed by atoms with van der Waals surface area (Å²) in [5.41, 5.74) is 6.22. The van der Waals surface area contributed by atoms with E-state index in [4.69, 9.17) is 10.5 Å². The number of aromatic nitrogens is 1. The Kier molecular flexibility index (Phi) is 5.22. The maximum Gasteiger partial charge on any atom is 0.250 e. The number of pyridine rings is 1. The van der Waals surface area contributed by atoms with Crippen LogP contribution in [0.3, 0.4) is 0 Å². The van der Waals surface area contributed by atoms with E-state index in [9.17, 15) is 4.79 Å². The quantitative estimate of drug-likeness (QED) is 0.770. The summed E-state index contributed by atoms with van der Waals surface area (Å²) in [5.74, 6) is 0.519. The highest BCUT2D eigenvalue weighted by Gasteiger charge is 2.06. The van der Waals surface area contributed by atoms with Crippen LogP contribution in [0.2, 0.25) is 0 Å². The van der Waals surface area contributed by atoms with Crippen LogP contribution in [-0.2, 0) is 11.3 Å². The zero-order valence-electron chi connectivity index (χ0n) is 10.8. The van der Waals surface area contributed by atoms with Gasteiger partial charge in [0.05, 0.1) is 6.10 Å². The van der Waals surface area contributed by atoms with E-state index in [0.29, 0.717) is 24.8 Å². The molecule has 1 atom stereocenters. The zero-order chi connectivity index (χ0) is 12.8. The summed E-state index contributed by atoms with van der Waals surface area (Å²) in [5, 5.41) is 0. The monoisotopic (exact) mass is 238 g/mol. The minimum absolute atomic E-state index is 0.0175. The molecule has 0 fully saturated rings. The highest BCUT2D eigenvalue weighted by Crippen LogP contribution is 2.05. The van der Waals surface area contributed by atoms with Gasteiger partial charge >= 0.3 is 0 Å². The average molecular weight is 238 g/mol. The SMILES string of the molecule is CC(C)C(C)OCCCn1cc(N)ccc1=O. The standard InChI is InChI=1S/C13H22N2O2/c1-10(2)11(3)17-8-4-7-15-9-12(14)5-6-13(15)16/h5-6,9-11H,4,7-8,14H2,1-3H3. The average Bonchev–Trinajstić information content (AvgIpc) is 2.28. The van der Waals surface area contributed by atoms with Crippen molar-refractivity contribution in [3.8, 4) is 0 Å². The number of anilines is 1. The van der Waals surface area contributed by atoms with Crippen LogP contribution in [0.4, 0.5) is 5.69 Å². The molecule has 0 amide bonds. The zero-order valence-corrected chi connectivity index (χ0v) is 10.8. The lowest BCUT2D eigenvalue weighted by Gasteiger charge is -2.16. The number of hydrogen-bond donors (Lipinski definition) is 1. The van der Waals surface area contributed by atoms with Crippen LogP contribution < -0.4 is 11.3 Å². The molecule has 0 radical (unpaired) electrons. The van der Waals surface area contributed by atoms with Gasteiger partial charge in [0.1, 0.15) is 0 Å². The largest absolute Gasteiger partial charge is 0.398 e. The molecule has 4 nitrogen and oxygen atoms in total. The fraction of sp³-hybridized carbons (Fsp3) is 0.615. The highest BCUT2D eigenvalue weighted by molar-refractivity contribution is 5.33. The van der Waals surface area contributed by atoms with E-state index in [2.05, 4.69) is 20.8 Å². The van der Waals surface area contributed by atoms with Gasteiger partial charge in [-0.2, -0.15) is 0 Å². The molecule has 0 spiro atoms. The van der Waals surface area contributed by atoms with Gasteiger partial charge in [-0.1, -0.05) is 13.8 Å². The first-order valence-electron chi connectivity index (χ1n) is 6.08. The summed E-state index contributed by atoms with van der Waals surface area (Å²) in [4.78, 5) is 11.5. The minimum Gasteiger partial charge on any atom is -0.398 e. The molecule has 0 saturated heterocycles. The molecule has 0 bridgehead atoms. The second kappa shape index (κ2) is 6.45. The molecule has 1 unspecified atom stereocenters. The summed E-state index contributed by atoms with van der Waals surface area (Å²) < 4.78 is 7.27. The number of rotatable bonds is 6. The number of nitrogens with zero attached hydrogens (tertiary/aromatic N) is 1. The first-order chi connectivity index (χ1) is 8.00. The molecule has 96 valence electrons. The Bertz CT molecular complexity index is 399. The second-order valence-corrected chi connectivity index (χ2v) is 4.67. The van der Waals surface area contributed by atoms with Gasteiger partial charge in [0.2, 0.25) is 0 Å². The summed E-state index contributed by atoms with van der Waals surface area (Å²) in [6.07, 6.45) is 2.75. The van der Waals surface area contributed by atoms with Gasteiger partial charge in [-0.25, -0.2) is 0 Å². The lowest BCUT2D eigenvalue weighted by atomic mass is 10.1. The van der Waals surface area contributed by atoms with Gasteiger partial charge in [-0.15, -0.1) is 0 Å². The fourth-order valence-corrected chi connectivity index (χ4v) is 1.42. The van der Waals surface area contributed by atoms with Gasteiger partial charge < -0.3 is 15.0 Å². The van der Waals surface area contributed by atoms with E-state index in [1.807, 2.05) is 0 Å². The van der Waals surface area contributed by atoms with Crippen LogP contribution in [0, 0.1) is 5.92 Å². The Balaban J connectivity index is 2.36. The van der Waals surface area contributed by atoms with E-state index < -0.39 is 0 Å². The summed E-state index contributed by atoms with van der Waals surface area (Å²) in [6.45, 7) is 7.65. The Hall–Kier alpha value is -1.29. The third-order valence-corrected chi connectivity index (χ3v) is 2.87. The Morgan fingerprint density at radius 3 is 2.71 bits per heavy atom. The first-order valence-corrected chi connectivity index (χ1v) is 6.08. The van der Waals surface area contributed by atoms with Crippen molar-refractivity contribution >= 4 is 5.69 Å². The normalized spacial score (nSPS) is 12.9. The van der Waals surface area contributed by atoms with Crippen LogP contribution in [-0.4, -0.2) is 17.3 Å². The maximum absolute atomic E-state index is 11.5. The van der Waals surface area contributed by atoms with E-state index in [1.54, 1.807) is 16.8 Å². The van der Waals surface area contributed by atoms with Gasteiger partial charge in [0, 0.05) is 31.1 Å². The summed E-state index contributed by atoms with van der Waals surface area (Å²) >= 11 is 0. The molecule has 0 aliphatic heterocycles. The third-order valence-electron chi connectivity index (χ3n) is 2.87. The van der Waals surface area contributed by atoms with Crippen molar-refractivity contribution in [2.45, 2.75) is 39.8 Å². The van der Waals surface area contributed by atoms with Crippen molar-refractivity contribution in [2.24, 2.45) is 5.92 Å². The van der Waals surface area contributed by atoms with Crippen molar-refractivity contribution in [3.63, 3.8) is 0 Å². The molecule has 1 heterocycles. The molecular weight excluding hydrogens is 216 g/mol. The molecule has 2 N–H and O–H groups in total. The van der Waals surface area contributed by atoms with Gasteiger partial charge in [-0.05, 0) is 25.3 Å². The van der Waals surface area contributed by atoms with Crippen LogP contribution in [0.15, 0.2) is 23.1 Å². The molecule has 1 aromatic heterocycles. The lowest BCUT2D eigenvalue weighted by molar-refractivity contribution is 0.0324. The molecule has 0 aromatic carbocycles. The van der Waals surface area contributed by atoms with E-state index in [-0.39, 0.29) is 11.7 Å². The highest BCUT2D eigenvalue weighted by atomic mass is 16.5. The third kappa shape index (κ3) is 4.61. The predicted molar refractivity (Wildman–Crippen MR) is 70.0 cm³/mol. The van der Waals surface area contributed by atoms with Gasteiger partial charge in [0.15, 0.2) is 0 Å². The number of hydrogen-bond acceptors (Lipinski definition) is 3. The first kappa shape index (κ1) is 13.8. The van der Waals surface area contributed by atoms with Crippen molar-refractivity contribution in [1.82, 2.24) is 4.57 Å². The molecule has 0 aliphatic carbocycles. The molecule has 17 heavy (non-hydrogen) atoms. The molecule has 0 saturated carbocycles. The van der Waals surface area contributed by atoms with E-state index in [1.165, 1.54) is 6.07 Å².